The fraction of sp³-hybridized carbons (Fsp3) is 0.923. The molecule has 0 unspecified atom stereocenters. The number of carbonyl (C=O) groups is 1. The Morgan fingerprint density at radius 1 is 1.28 bits per heavy atom. The Kier molecular flexibility index (Phi) is 5.88. The van der Waals surface area contributed by atoms with E-state index in [0.717, 1.165) is 25.7 Å². The van der Waals surface area contributed by atoms with Crippen LogP contribution in [0.2, 0.25) is 0 Å². The molecular weight excluding hydrogens is 234 g/mol. The van der Waals surface area contributed by atoms with Crippen LogP contribution in [0.4, 0.5) is 4.79 Å². The molecule has 0 bridgehead atoms. The summed E-state index contributed by atoms with van der Waals surface area (Å²) in [6, 6.07) is 0.175. The van der Waals surface area contributed by atoms with Crippen molar-refractivity contribution in [2.24, 2.45) is 0 Å². The highest BCUT2D eigenvalue weighted by Gasteiger charge is 2.24. The molecule has 0 spiro atoms. The third kappa shape index (κ3) is 6.21. The average molecular weight is 259 g/mol. The topological polar surface area (TPSA) is 67.8 Å². The first-order valence-corrected chi connectivity index (χ1v) is 6.62. The maximum atomic E-state index is 11.6. The van der Waals surface area contributed by atoms with Gasteiger partial charge in [-0.3, -0.25) is 0 Å². The van der Waals surface area contributed by atoms with Gasteiger partial charge in [-0.15, -0.1) is 0 Å². The van der Waals surface area contributed by atoms with Crippen LogP contribution in [-0.4, -0.2) is 42.2 Å². The van der Waals surface area contributed by atoms with E-state index in [1.165, 1.54) is 0 Å². The Morgan fingerprint density at radius 2 is 1.89 bits per heavy atom. The highest BCUT2D eigenvalue weighted by molar-refractivity contribution is 5.68. The molecule has 0 radical (unpaired) electrons. The number of nitrogens with one attached hydrogen (secondary N) is 1. The zero-order valence-electron chi connectivity index (χ0n) is 11.6. The predicted octanol–water partition coefficient (Wildman–Crippen LogP) is 1.83. The molecule has 0 aliphatic heterocycles. The normalized spacial score (nSPS) is 24.7. The molecule has 0 heterocycles. The van der Waals surface area contributed by atoms with Gasteiger partial charge in [0.2, 0.25) is 0 Å². The van der Waals surface area contributed by atoms with Gasteiger partial charge in [0.05, 0.1) is 19.3 Å². The summed E-state index contributed by atoms with van der Waals surface area (Å²) in [6.07, 6.45) is 3.50. The van der Waals surface area contributed by atoms with E-state index in [9.17, 15) is 4.79 Å². The van der Waals surface area contributed by atoms with Crippen LogP contribution in [0.15, 0.2) is 0 Å². The number of hydrogen-bond donors (Lipinski definition) is 2. The minimum atomic E-state index is -0.453. The van der Waals surface area contributed by atoms with Crippen molar-refractivity contribution >= 4 is 6.09 Å². The second-order valence-corrected chi connectivity index (χ2v) is 5.71. The summed E-state index contributed by atoms with van der Waals surface area (Å²) in [6.45, 7) is 6.02. The lowest BCUT2D eigenvalue weighted by molar-refractivity contribution is 0.00211. The van der Waals surface area contributed by atoms with Crippen LogP contribution in [0.5, 0.6) is 0 Å². The van der Waals surface area contributed by atoms with Crippen molar-refractivity contribution in [2.45, 2.75) is 64.2 Å². The lowest BCUT2D eigenvalue weighted by Gasteiger charge is -2.30. The number of ether oxygens (including phenoxy) is 2. The fourth-order valence-electron chi connectivity index (χ4n) is 2.07. The largest absolute Gasteiger partial charge is 0.444 e. The number of amides is 1. The first-order valence-electron chi connectivity index (χ1n) is 6.62. The summed E-state index contributed by atoms with van der Waals surface area (Å²) in [5, 5.41) is 11.6. The summed E-state index contributed by atoms with van der Waals surface area (Å²) >= 11 is 0. The van der Waals surface area contributed by atoms with Crippen LogP contribution in [0.1, 0.15) is 46.5 Å². The zero-order chi connectivity index (χ0) is 13.6. The lowest BCUT2D eigenvalue weighted by atomic mass is 9.93. The number of rotatable bonds is 4. The van der Waals surface area contributed by atoms with E-state index in [0.29, 0.717) is 6.61 Å². The molecule has 1 aliphatic rings. The van der Waals surface area contributed by atoms with Gasteiger partial charge in [-0.05, 0) is 46.5 Å². The number of hydrogen-bond acceptors (Lipinski definition) is 4. The van der Waals surface area contributed by atoms with Crippen molar-refractivity contribution < 1.29 is 19.4 Å². The second kappa shape index (κ2) is 6.95. The van der Waals surface area contributed by atoms with Gasteiger partial charge in [0.15, 0.2) is 0 Å². The second-order valence-electron chi connectivity index (χ2n) is 5.71. The van der Waals surface area contributed by atoms with Crippen molar-refractivity contribution in [2.75, 3.05) is 13.2 Å². The summed E-state index contributed by atoms with van der Waals surface area (Å²) < 4.78 is 10.7. The van der Waals surface area contributed by atoms with Crippen molar-refractivity contribution in [3.05, 3.63) is 0 Å². The van der Waals surface area contributed by atoms with Gasteiger partial charge in [0.25, 0.3) is 0 Å². The Hall–Kier alpha value is -0.810. The molecule has 1 rings (SSSR count). The molecule has 0 aromatic heterocycles. The van der Waals surface area contributed by atoms with Gasteiger partial charge >= 0.3 is 6.09 Å². The highest BCUT2D eigenvalue weighted by Crippen LogP contribution is 2.21. The molecule has 1 amide bonds. The van der Waals surface area contributed by atoms with Gasteiger partial charge in [0.1, 0.15) is 5.60 Å². The van der Waals surface area contributed by atoms with E-state index in [1.54, 1.807) is 0 Å². The van der Waals surface area contributed by atoms with Gasteiger partial charge in [-0.2, -0.15) is 0 Å². The third-order valence-electron chi connectivity index (χ3n) is 2.84. The molecular formula is C13H25NO4. The Morgan fingerprint density at radius 3 is 2.39 bits per heavy atom. The highest BCUT2D eigenvalue weighted by atomic mass is 16.6. The number of alkyl carbamates (subject to hydrolysis) is 1. The van der Waals surface area contributed by atoms with Crippen molar-refractivity contribution in [3.8, 4) is 0 Å². The quantitative estimate of drug-likeness (QED) is 0.808. The van der Waals surface area contributed by atoms with Gasteiger partial charge in [-0.1, -0.05) is 0 Å². The van der Waals surface area contributed by atoms with E-state index < -0.39 is 5.60 Å². The van der Waals surface area contributed by atoms with E-state index in [2.05, 4.69) is 5.32 Å². The Bertz CT molecular complexity index is 254. The van der Waals surface area contributed by atoms with Crippen LogP contribution >= 0.6 is 0 Å². The van der Waals surface area contributed by atoms with E-state index in [4.69, 9.17) is 14.6 Å². The summed E-state index contributed by atoms with van der Waals surface area (Å²) in [5.41, 5.74) is -0.453. The van der Waals surface area contributed by atoms with Crippen molar-refractivity contribution in [3.63, 3.8) is 0 Å². The molecule has 18 heavy (non-hydrogen) atoms. The SMILES string of the molecule is CC(C)(C)OC(=O)NC1CCC(OCCO)CC1. The van der Waals surface area contributed by atoms with Crippen LogP contribution in [-0.2, 0) is 9.47 Å². The van der Waals surface area contributed by atoms with Crippen LogP contribution < -0.4 is 5.32 Å². The van der Waals surface area contributed by atoms with E-state index >= 15 is 0 Å². The van der Waals surface area contributed by atoms with Crippen LogP contribution in [0.3, 0.4) is 0 Å². The molecule has 106 valence electrons. The maximum Gasteiger partial charge on any atom is 0.407 e. The predicted molar refractivity (Wildman–Crippen MR) is 68.5 cm³/mol. The third-order valence-corrected chi connectivity index (χ3v) is 2.84. The van der Waals surface area contributed by atoms with Crippen molar-refractivity contribution in [1.82, 2.24) is 5.32 Å². The maximum absolute atomic E-state index is 11.6. The molecule has 1 fully saturated rings. The molecule has 2 N–H and O–H groups in total. The lowest BCUT2D eigenvalue weighted by Crippen LogP contribution is -2.41. The average Bonchev–Trinajstić information content (AvgIpc) is 2.25. The first-order chi connectivity index (χ1) is 8.40. The van der Waals surface area contributed by atoms with Gasteiger partial charge in [-0.25, -0.2) is 4.79 Å². The minimum absolute atomic E-state index is 0.0656. The molecule has 1 saturated carbocycles. The number of aliphatic hydroxyl groups excluding tert-OH is 1. The fourth-order valence-corrected chi connectivity index (χ4v) is 2.07. The summed E-state index contributed by atoms with van der Waals surface area (Å²) in [4.78, 5) is 11.6. The van der Waals surface area contributed by atoms with Gasteiger partial charge in [0, 0.05) is 6.04 Å². The summed E-state index contributed by atoms with van der Waals surface area (Å²) in [5.74, 6) is 0. The molecule has 0 aromatic carbocycles. The van der Waals surface area contributed by atoms with Crippen molar-refractivity contribution in [1.29, 1.82) is 0 Å². The molecule has 1 aliphatic carbocycles. The Balaban J connectivity index is 2.21. The smallest absolute Gasteiger partial charge is 0.407 e. The van der Waals surface area contributed by atoms with Crippen LogP contribution in [0, 0.1) is 0 Å². The first kappa shape index (κ1) is 15.2. The monoisotopic (exact) mass is 259 g/mol. The number of carbonyl (C=O) groups excluding carboxylic acids is 1. The molecule has 0 atom stereocenters. The van der Waals surface area contributed by atoms with Crippen LogP contribution in [0.25, 0.3) is 0 Å². The molecule has 0 aromatic rings. The summed E-state index contributed by atoms with van der Waals surface area (Å²) in [7, 11) is 0. The minimum Gasteiger partial charge on any atom is -0.444 e. The molecule has 5 heteroatoms. The van der Waals surface area contributed by atoms with E-state index in [-0.39, 0.29) is 24.8 Å². The molecule has 5 nitrogen and oxygen atoms in total. The molecule has 0 saturated heterocycles. The Labute approximate surface area is 109 Å². The standard InChI is InChI=1S/C13H25NO4/c1-13(2,3)18-12(16)14-10-4-6-11(7-5-10)17-9-8-15/h10-11,15H,4-9H2,1-3H3,(H,14,16). The number of aliphatic hydroxyl groups is 1. The van der Waals surface area contributed by atoms with E-state index in [1.807, 2.05) is 20.8 Å². The van der Waals surface area contributed by atoms with Gasteiger partial charge < -0.3 is 19.9 Å². The zero-order valence-corrected chi connectivity index (χ0v) is 11.6.